The summed E-state index contributed by atoms with van der Waals surface area (Å²) in [5, 5.41) is 4.75. The number of hydrogen-bond donors (Lipinski definition) is 0. The smallest absolute Gasteiger partial charge is 0.138 e. The number of rotatable bonds is 4. The molecule has 0 spiro atoms. The van der Waals surface area contributed by atoms with E-state index in [4.69, 9.17) is 5.10 Å². The lowest BCUT2D eigenvalue weighted by molar-refractivity contribution is -0.126. The van der Waals surface area contributed by atoms with E-state index < -0.39 is 0 Å². The fourth-order valence-corrected chi connectivity index (χ4v) is 3.54. The van der Waals surface area contributed by atoms with Gasteiger partial charge in [-0.2, -0.15) is 5.10 Å². The molecule has 1 aliphatic heterocycles. The SMILES string of the molecule is CCC1CN(Cc2ccn(C3CCCC3)n2)CCC1=O. The molecule has 4 nitrogen and oxygen atoms in total. The Morgan fingerprint density at radius 1 is 1.35 bits per heavy atom. The quantitative estimate of drug-likeness (QED) is 0.848. The lowest BCUT2D eigenvalue weighted by Gasteiger charge is -2.30. The van der Waals surface area contributed by atoms with Gasteiger partial charge in [-0.25, -0.2) is 0 Å². The van der Waals surface area contributed by atoms with Gasteiger partial charge in [-0.05, 0) is 25.3 Å². The summed E-state index contributed by atoms with van der Waals surface area (Å²) in [6, 6.07) is 2.77. The molecule has 2 aliphatic rings. The largest absolute Gasteiger partial charge is 0.299 e. The van der Waals surface area contributed by atoms with E-state index in [0.29, 0.717) is 18.2 Å². The van der Waals surface area contributed by atoms with Gasteiger partial charge in [0.1, 0.15) is 5.78 Å². The van der Waals surface area contributed by atoms with Gasteiger partial charge in [0.15, 0.2) is 0 Å². The van der Waals surface area contributed by atoms with E-state index in [1.807, 2.05) is 0 Å². The zero-order valence-electron chi connectivity index (χ0n) is 12.4. The van der Waals surface area contributed by atoms with E-state index in [-0.39, 0.29) is 5.92 Å². The van der Waals surface area contributed by atoms with Crippen molar-refractivity contribution in [3.63, 3.8) is 0 Å². The minimum Gasteiger partial charge on any atom is -0.299 e. The summed E-state index contributed by atoms with van der Waals surface area (Å²) in [4.78, 5) is 14.1. The Balaban J connectivity index is 1.59. The highest BCUT2D eigenvalue weighted by atomic mass is 16.1. The van der Waals surface area contributed by atoms with Crippen LogP contribution in [0, 0.1) is 5.92 Å². The Labute approximate surface area is 121 Å². The first kappa shape index (κ1) is 13.8. The van der Waals surface area contributed by atoms with Gasteiger partial charge < -0.3 is 0 Å². The lowest BCUT2D eigenvalue weighted by atomic mass is 9.94. The Hall–Kier alpha value is -1.16. The zero-order chi connectivity index (χ0) is 13.9. The number of hydrogen-bond acceptors (Lipinski definition) is 3. The van der Waals surface area contributed by atoms with Crippen LogP contribution in [0.4, 0.5) is 0 Å². The Morgan fingerprint density at radius 3 is 2.90 bits per heavy atom. The number of nitrogens with zero attached hydrogens (tertiary/aromatic N) is 3. The number of ketones is 1. The molecule has 0 N–H and O–H groups in total. The van der Waals surface area contributed by atoms with Crippen molar-refractivity contribution in [3.05, 3.63) is 18.0 Å². The molecule has 1 atom stereocenters. The first-order valence-corrected chi connectivity index (χ1v) is 8.05. The second-order valence-electron chi connectivity index (χ2n) is 6.28. The molecule has 20 heavy (non-hydrogen) atoms. The second kappa shape index (κ2) is 6.08. The van der Waals surface area contributed by atoms with Gasteiger partial charge in [0, 0.05) is 38.2 Å². The molecule has 4 heteroatoms. The average Bonchev–Trinajstić information content (AvgIpc) is 3.11. The fourth-order valence-electron chi connectivity index (χ4n) is 3.54. The van der Waals surface area contributed by atoms with Crippen LogP contribution in [0.1, 0.15) is 57.2 Å². The van der Waals surface area contributed by atoms with Crippen LogP contribution >= 0.6 is 0 Å². The number of piperidine rings is 1. The second-order valence-corrected chi connectivity index (χ2v) is 6.28. The third-order valence-corrected chi connectivity index (χ3v) is 4.85. The highest BCUT2D eigenvalue weighted by molar-refractivity contribution is 5.82. The van der Waals surface area contributed by atoms with Crippen LogP contribution in [0.2, 0.25) is 0 Å². The molecule has 1 saturated heterocycles. The summed E-state index contributed by atoms with van der Waals surface area (Å²) >= 11 is 0. The average molecular weight is 275 g/mol. The van der Waals surface area contributed by atoms with Crippen LogP contribution in [-0.4, -0.2) is 33.6 Å². The lowest BCUT2D eigenvalue weighted by Crippen LogP contribution is -2.40. The van der Waals surface area contributed by atoms with Crippen molar-refractivity contribution in [1.82, 2.24) is 14.7 Å². The highest BCUT2D eigenvalue weighted by Gasteiger charge is 2.26. The summed E-state index contributed by atoms with van der Waals surface area (Å²) in [5.74, 6) is 0.681. The molecule has 2 heterocycles. The Kier molecular flexibility index (Phi) is 4.20. The molecule has 3 rings (SSSR count). The van der Waals surface area contributed by atoms with Gasteiger partial charge >= 0.3 is 0 Å². The summed E-state index contributed by atoms with van der Waals surface area (Å²) in [6.45, 7) is 4.81. The summed E-state index contributed by atoms with van der Waals surface area (Å²) in [6.07, 6.45) is 9.04. The van der Waals surface area contributed by atoms with E-state index in [2.05, 4.69) is 28.8 Å². The third kappa shape index (κ3) is 2.95. The van der Waals surface area contributed by atoms with Crippen molar-refractivity contribution in [2.45, 2.75) is 58.0 Å². The third-order valence-electron chi connectivity index (χ3n) is 4.85. The van der Waals surface area contributed by atoms with Gasteiger partial charge in [0.25, 0.3) is 0 Å². The molecule has 0 aromatic carbocycles. The number of aromatic nitrogens is 2. The molecular weight excluding hydrogens is 250 g/mol. The van der Waals surface area contributed by atoms with Crippen molar-refractivity contribution in [1.29, 1.82) is 0 Å². The molecule has 0 radical (unpaired) electrons. The van der Waals surface area contributed by atoms with Crippen LogP contribution in [0.3, 0.4) is 0 Å². The minimum atomic E-state index is 0.237. The topological polar surface area (TPSA) is 38.1 Å². The van der Waals surface area contributed by atoms with E-state index in [1.54, 1.807) is 0 Å². The van der Waals surface area contributed by atoms with Gasteiger partial charge in [0.05, 0.1) is 11.7 Å². The number of Topliss-reactive ketones (excluding diaryl/α,β-unsaturated/α-hetero) is 1. The number of likely N-dealkylation sites (tertiary alicyclic amines) is 1. The minimum absolute atomic E-state index is 0.237. The van der Waals surface area contributed by atoms with Crippen molar-refractivity contribution < 1.29 is 4.79 Å². The zero-order valence-corrected chi connectivity index (χ0v) is 12.4. The van der Waals surface area contributed by atoms with Crippen LogP contribution in [0.25, 0.3) is 0 Å². The summed E-state index contributed by atoms with van der Waals surface area (Å²) in [5.41, 5.74) is 1.15. The van der Waals surface area contributed by atoms with Gasteiger partial charge in [0.2, 0.25) is 0 Å². The molecule has 0 amide bonds. The standard InChI is InChI=1S/C16H25N3O/c1-2-13-11-18(9-8-16(13)20)12-14-7-10-19(17-14)15-5-3-4-6-15/h7,10,13,15H,2-6,8-9,11-12H2,1H3. The highest BCUT2D eigenvalue weighted by Crippen LogP contribution is 2.29. The predicted octanol–water partition coefficient (Wildman–Crippen LogP) is 2.80. The first-order chi connectivity index (χ1) is 9.76. The van der Waals surface area contributed by atoms with Gasteiger partial charge in [-0.1, -0.05) is 19.8 Å². The van der Waals surface area contributed by atoms with Crippen LogP contribution in [-0.2, 0) is 11.3 Å². The predicted molar refractivity (Wildman–Crippen MR) is 78.4 cm³/mol. The van der Waals surface area contributed by atoms with E-state index in [1.165, 1.54) is 25.7 Å². The maximum absolute atomic E-state index is 11.8. The normalized spacial score (nSPS) is 25.4. The van der Waals surface area contributed by atoms with Crippen LogP contribution in [0.5, 0.6) is 0 Å². The number of carbonyl (C=O) groups is 1. The molecule has 1 aromatic heterocycles. The Bertz CT molecular complexity index is 462. The number of carbonyl (C=O) groups excluding carboxylic acids is 1. The van der Waals surface area contributed by atoms with Crippen molar-refractivity contribution >= 4 is 5.78 Å². The molecule has 110 valence electrons. The fraction of sp³-hybridized carbons (Fsp3) is 0.750. The van der Waals surface area contributed by atoms with Crippen LogP contribution < -0.4 is 0 Å². The first-order valence-electron chi connectivity index (χ1n) is 8.05. The Morgan fingerprint density at radius 2 is 2.15 bits per heavy atom. The molecular formula is C16H25N3O. The van der Waals surface area contributed by atoms with Crippen molar-refractivity contribution in [2.24, 2.45) is 5.92 Å². The van der Waals surface area contributed by atoms with E-state index >= 15 is 0 Å². The van der Waals surface area contributed by atoms with Crippen molar-refractivity contribution in [3.8, 4) is 0 Å². The maximum Gasteiger partial charge on any atom is 0.138 e. The molecule has 0 bridgehead atoms. The molecule has 2 fully saturated rings. The molecule has 1 saturated carbocycles. The van der Waals surface area contributed by atoms with Crippen molar-refractivity contribution in [2.75, 3.05) is 13.1 Å². The van der Waals surface area contributed by atoms with E-state index in [9.17, 15) is 4.79 Å². The van der Waals surface area contributed by atoms with Crippen LogP contribution in [0.15, 0.2) is 12.3 Å². The summed E-state index contributed by atoms with van der Waals surface area (Å²) in [7, 11) is 0. The molecule has 1 aliphatic carbocycles. The van der Waals surface area contributed by atoms with E-state index in [0.717, 1.165) is 31.7 Å². The van der Waals surface area contributed by atoms with Gasteiger partial charge in [-0.3, -0.25) is 14.4 Å². The molecule has 1 aromatic rings. The maximum atomic E-state index is 11.8. The monoisotopic (exact) mass is 275 g/mol. The van der Waals surface area contributed by atoms with Gasteiger partial charge in [-0.15, -0.1) is 0 Å². The molecule has 1 unspecified atom stereocenters. The summed E-state index contributed by atoms with van der Waals surface area (Å²) < 4.78 is 2.16.